The first-order chi connectivity index (χ1) is 7.21. The second-order valence-corrected chi connectivity index (χ2v) is 4.01. The van der Waals surface area contributed by atoms with Gasteiger partial charge in [0.05, 0.1) is 5.56 Å². The van der Waals surface area contributed by atoms with Crippen molar-refractivity contribution in [3.8, 4) is 0 Å². The second kappa shape index (κ2) is 4.42. The number of nitrogens with two attached hydrogens (primary N) is 1. The molecule has 0 saturated heterocycles. The zero-order valence-corrected chi connectivity index (χ0v) is 9.34. The zero-order valence-electron chi connectivity index (χ0n) is 7.75. The molecule has 0 aliphatic carbocycles. The fourth-order valence-electron chi connectivity index (χ4n) is 1.10. The van der Waals surface area contributed by atoms with E-state index in [9.17, 15) is 18.0 Å². The van der Waals surface area contributed by atoms with Gasteiger partial charge in [-0.3, -0.25) is 0 Å². The lowest BCUT2D eigenvalue weighted by Crippen LogP contribution is -2.28. The van der Waals surface area contributed by atoms with Crippen molar-refractivity contribution in [1.29, 1.82) is 0 Å². The Hall–Kier alpha value is -1.08. The number of carboxylic acids is 1. The normalized spacial score (nSPS) is 13.6. The van der Waals surface area contributed by atoms with E-state index in [1.54, 1.807) is 0 Å². The van der Waals surface area contributed by atoms with Crippen molar-refractivity contribution >= 4 is 21.9 Å². The summed E-state index contributed by atoms with van der Waals surface area (Å²) in [5, 5.41) is 8.68. The molecule has 0 fully saturated rings. The van der Waals surface area contributed by atoms with Gasteiger partial charge in [-0.1, -0.05) is 15.9 Å². The molecule has 0 radical (unpaired) electrons. The summed E-state index contributed by atoms with van der Waals surface area (Å²) in [5.74, 6) is -1.31. The lowest BCUT2D eigenvalue weighted by molar-refractivity contribution is -0.149. The Morgan fingerprint density at radius 2 is 1.94 bits per heavy atom. The molecule has 1 unspecified atom stereocenters. The number of rotatable bonds is 2. The highest BCUT2D eigenvalue weighted by molar-refractivity contribution is 9.10. The van der Waals surface area contributed by atoms with Crippen LogP contribution in [0.15, 0.2) is 22.7 Å². The maximum absolute atomic E-state index is 12.3. The molecule has 0 saturated carbocycles. The molecule has 3 nitrogen and oxygen atoms in total. The van der Waals surface area contributed by atoms with Gasteiger partial charge in [0.15, 0.2) is 0 Å². The summed E-state index contributed by atoms with van der Waals surface area (Å²) in [7, 11) is 0. The quantitative estimate of drug-likeness (QED) is 0.882. The van der Waals surface area contributed by atoms with Gasteiger partial charge in [-0.05, 0) is 23.8 Å². The van der Waals surface area contributed by atoms with Gasteiger partial charge in [0.1, 0.15) is 6.04 Å². The van der Waals surface area contributed by atoms with Gasteiger partial charge in [-0.15, -0.1) is 0 Å². The molecule has 0 aliphatic heterocycles. The summed E-state index contributed by atoms with van der Waals surface area (Å²) < 4.78 is 37.2. The molecule has 1 aromatic carbocycles. The molecule has 1 rings (SSSR count). The van der Waals surface area contributed by atoms with Crippen LogP contribution < -0.4 is 5.73 Å². The van der Waals surface area contributed by atoms with Crippen molar-refractivity contribution < 1.29 is 23.1 Å². The molecule has 16 heavy (non-hydrogen) atoms. The first kappa shape index (κ1) is 13.0. The highest BCUT2D eigenvalue weighted by atomic mass is 79.9. The van der Waals surface area contributed by atoms with E-state index < -0.39 is 18.2 Å². The molecule has 7 heteroatoms. The van der Waals surface area contributed by atoms with E-state index in [-0.39, 0.29) is 15.6 Å². The second-order valence-electron chi connectivity index (χ2n) is 3.10. The summed E-state index contributed by atoms with van der Waals surface area (Å²) in [6.07, 6.45) is -4.60. The van der Waals surface area contributed by atoms with Crippen LogP contribution in [0.2, 0.25) is 0 Å². The van der Waals surface area contributed by atoms with Crippen molar-refractivity contribution in [1.82, 2.24) is 0 Å². The summed E-state index contributed by atoms with van der Waals surface area (Å²) in [5.41, 5.74) is 4.43. The Bertz CT molecular complexity index is 420. The van der Waals surface area contributed by atoms with Crippen LogP contribution in [0, 0.1) is 0 Å². The lowest BCUT2D eigenvalue weighted by Gasteiger charge is -2.16. The molecule has 0 spiro atoms. The maximum Gasteiger partial charge on any atom is 0.407 e. The molecule has 3 N–H and O–H groups in total. The van der Waals surface area contributed by atoms with Crippen LogP contribution in [0.3, 0.4) is 0 Å². The maximum atomic E-state index is 12.3. The average molecular weight is 298 g/mol. The van der Waals surface area contributed by atoms with E-state index in [2.05, 4.69) is 15.9 Å². The first-order valence-electron chi connectivity index (χ1n) is 4.08. The van der Waals surface area contributed by atoms with Crippen molar-refractivity contribution in [2.45, 2.75) is 12.2 Å². The van der Waals surface area contributed by atoms with E-state index in [0.717, 1.165) is 12.1 Å². The van der Waals surface area contributed by atoms with Crippen LogP contribution in [-0.4, -0.2) is 17.3 Å². The third-order valence-electron chi connectivity index (χ3n) is 1.88. The topological polar surface area (TPSA) is 63.3 Å². The summed E-state index contributed by atoms with van der Waals surface area (Å²) >= 11 is 2.93. The summed E-state index contributed by atoms with van der Waals surface area (Å²) in [4.78, 5) is 10.6. The molecule has 0 heterocycles. The van der Waals surface area contributed by atoms with Crippen molar-refractivity contribution in [2.24, 2.45) is 5.73 Å². The minimum absolute atomic E-state index is 0.238. The average Bonchev–Trinajstić information content (AvgIpc) is 2.14. The van der Waals surface area contributed by atoms with Gasteiger partial charge in [0.2, 0.25) is 0 Å². The fourth-order valence-corrected chi connectivity index (χ4v) is 1.62. The van der Waals surface area contributed by atoms with Gasteiger partial charge in [-0.2, -0.15) is 13.2 Å². The molecule has 0 aromatic heterocycles. The molecule has 0 bridgehead atoms. The predicted octanol–water partition coefficient (Wildman–Crippen LogP) is 2.71. The van der Waals surface area contributed by atoms with Gasteiger partial charge < -0.3 is 10.8 Å². The third-order valence-corrected chi connectivity index (χ3v) is 2.34. The number of hydrogen-bond donors (Lipinski definition) is 2. The van der Waals surface area contributed by atoms with Gasteiger partial charge >= 0.3 is 12.1 Å². The zero-order chi connectivity index (χ0) is 12.5. The highest BCUT2D eigenvalue weighted by Gasteiger charge is 2.38. The number of aromatic carboxylic acids is 1. The first-order valence-corrected chi connectivity index (χ1v) is 4.87. The van der Waals surface area contributed by atoms with Crippen LogP contribution >= 0.6 is 15.9 Å². The standard InChI is InChI=1S/C9H7BrF3NO2/c10-6-2-4(7(14)9(11,12)13)1-5(3-6)8(15)16/h1-3,7H,14H2,(H,15,16). The predicted molar refractivity (Wildman–Crippen MR) is 54.1 cm³/mol. The summed E-state index contributed by atoms with van der Waals surface area (Å²) in [6.45, 7) is 0. The Kier molecular flexibility index (Phi) is 3.59. The van der Waals surface area contributed by atoms with Crippen LogP contribution in [0.1, 0.15) is 22.0 Å². The van der Waals surface area contributed by atoms with E-state index in [1.807, 2.05) is 0 Å². The van der Waals surface area contributed by atoms with Gasteiger partial charge in [0.25, 0.3) is 0 Å². The number of halogens is 4. The van der Waals surface area contributed by atoms with Gasteiger partial charge in [-0.25, -0.2) is 4.79 Å². The molecular weight excluding hydrogens is 291 g/mol. The molecule has 1 aromatic rings. The number of alkyl halides is 3. The van der Waals surface area contributed by atoms with E-state index in [0.29, 0.717) is 0 Å². The third kappa shape index (κ3) is 2.96. The largest absolute Gasteiger partial charge is 0.478 e. The Labute approximate surface area is 97.2 Å². The van der Waals surface area contributed by atoms with Crippen LogP contribution in [0.5, 0.6) is 0 Å². The fraction of sp³-hybridized carbons (Fsp3) is 0.222. The monoisotopic (exact) mass is 297 g/mol. The van der Waals surface area contributed by atoms with Crippen molar-refractivity contribution in [3.05, 3.63) is 33.8 Å². The van der Waals surface area contributed by atoms with Crippen LogP contribution in [0.25, 0.3) is 0 Å². The molecular formula is C9H7BrF3NO2. The number of benzene rings is 1. The number of carboxylic acid groups (broad SMARTS) is 1. The van der Waals surface area contributed by atoms with E-state index >= 15 is 0 Å². The van der Waals surface area contributed by atoms with Crippen LogP contribution in [0.4, 0.5) is 13.2 Å². The SMILES string of the molecule is NC(c1cc(Br)cc(C(=O)O)c1)C(F)(F)F. The number of hydrogen-bond acceptors (Lipinski definition) is 2. The molecule has 88 valence electrons. The Morgan fingerprint density at radius 1 is 1.38 bits per heavy atom. The van der Waals surface area contributed by atoms with Crippen molar-refractivity contribution in [2.75, 3.05) is 0 Å². The minimum Gasteiger partial charge on any atom is -0.478 e. The molecule has 0 aliphatic rings. The molecule has 0 amide bonds. The number of carbonyl (C=O) groups is 1. The van der Waals surface area contributed by atoms with Gasteiger partial charge in [0, 0.05) is 4.47 Å². The summed E-state index contributed by atoms with van der Waals surface area (Å²) in [6, 6.07) is 1.06. The highest BCUT2D eigenvalue weighted by Crippen LogP contribution is 2.32. The van der Waals surface area contributed by atoms with E-state index in [1.165, 1.54) is 6.07 Å². The van der Waals surface area contributed by atoms with E-state index in [4.69, 9.17) is 10.8 Å². The minimum atomic E-state index is -4.60. The van der Waals surface area contributed by atoms with Crippen molar-refractivity contribution in [3.63, 3.8) is 0 Å². The Balaban J connectivity index is 3.20. The lowest BCUT2D eigenvalue weighted by atomic mass is 10.0. The Morgan fingerprint density at radius 3 is 2.38 bits per heavy atom. The smallest absolute Gasteiger partial charge is 0.407 e. The van der Waals surface area contributed by atoms with Crippen LogP contribution in [-0.2, 0) is 0 Å². The molecule has 1 atom stereocenters.